The fourth-order valence-corrected chi connectivity index (χ4v) is 4.53. The van der Waals surface area contributed by atoms with Gasteiger partial charge in [-0.2, -0.15) is 0 Å². The maximum Gasteiger partial charge on any atom is 0.317 e. The standard InChI is InChI=1S/C22H34FN3O2/c1-2-25-22(27)26-12-4-7-20(24)21(26)15-28-19-10-8-17(9-11-19)18-6-3-5-16(13-18)14-23/h3,5-6,13,17,19-21H,2,4,7-12,14-15,24H2,1H3,(H,25,27)/t17-,19+,20-,21-/m0/s1. The molecule has 0 bridgehead atoms. The molecule has 5 nitrogen and oxygen atoms in total. The summed E-state index contributed by atoms with van der Waals surface area (Å²) in [6, 6.07) is 7.77. The Morgan fingerprint density at radius 2 is 2.07 bits per heavy atom. The first-order chi connectivity index (χ1) is 13.6. The summed E-state index contributed by atoms with van der Waals surface area (Å²) >= 11 is 0. The number of alkyl halides is 1. The molecule has 0 radical (unpaired) electrons. The summed E-state index contributed by atoms with van der Waals surface area (Å²) < 4.78 is 19.1. The zero-order valence-electron chi connectivity index (χ0n) is 16.9. The highest BCUT2D eigenvalue weighted by Gasteiger charge is 2.33. The van der Waals surface area contributed by atoms with Crippen molar-refractivity contribution >= 4 is 6.03 Å². The molecule has 1 aromatic rings. The molecule has 1 saturated heterocycles. The summed E-state index contributed by atoms with van der Waals surface area (Å²) in [7, 11) is 0. The van der Waals surface area contributed by atoms with E-state index < -0.39 is 6.67 Å². The molecule has 1 aliphatic carbocycles. The molecule has 2 aliphatic rings. The van der Waals surface area contributed by atoms with Crippen LogP contribution in [0.25, 0.3) is 0 Å². The largest absolute Gasteiger partial charge is 0.376 e. The molecule has 2 atom stereocenters. The number of nitrogens with two attached hydrogens (primary N) is 1. The lowest BCUT2D eigenvalue weighted by atomic mass is 9.82. The van der Waals surface area contributed by atoms with Gasteiger partial charge in [-0.15, -0.1) is 0 Å². The van der Waals surface area contributed by atoms with Crippen LogP contribution in [0.1, 0.15) is 62.5 Å². The van der Waals surface area contributed by atoms with E-state index in [1.807, 2.05) is 30.0 Å². The second-order valence-electron chi connectivity index (χ2n) is 8.09. The van der Waals surface area contributed by atoms with Gasteiger partial charge in [-0.25, -0.2) is 9.18 Å². The van der Waals surface area contributed by atoms with E-state index in [0.29, 0.717) is 19.1 Å². The molecular formula is C22H34FN3O2. The predicted molar refractivity (Wildman–Crippen MR) is 109 cm³/mol. The lowest BCUT2D eigenvalue weighted by Crippen LogP contribution is -2.58. The van der Waals surface area contributed by atoms with Crippen LogP contribution >= 0.6 is 0 Å². The Morgan fingerprint density at radius 1 is 1.29 bits per heavy atom. The summed E-state index contributed by atoms with van der Waals surface area (Å²) in [6.45, 7) is 3.38. The third kappa shape index (κ3) is 5.23. The molecule has 28 heavy (non-hydrogen) atoms. The van der Waals surface area contributed by atoms with Crippen molar-refractivity contribution in [1.82, 2.24) is 10.2 Å². The van der Waals surface area contributed by atoms with Gasteiger partial charge in [0.25, 0.3) is 0 Å². The number of urea groups is 1. The first kappa shape index (κ1) is 21.1. The Morgan fingerprint density at radius 3 is 2.79 bits per heavy atom. The van der Waals surface area contributed by atoms with Crippen LogP contribution in [0.3, 0.4) is 0 Å². The second-order valence-corrected chi connectivity index (χ2v) is 8.09. The third-order valence-electron chi connectivity index (χ3n) is 6.17. The summed E-state index contributed by atoms with van der Waals surface area (Å²) in [5, 5.41) is 2.89. The topological polar surface area (TPSA) is 67.6 Å². The molecule has 1 heterocycles. The molecule has 0 unspecified atom stereocenters. The van der Waals surface area contributed by atoms with Crippen molar-refractivity contribution in [2.75, 3.05) is 19.7 Å². The minimum Gasteiger partial charge on any atom is -0.376 e. The molecule has 1 aromatic carbocycles. The fraction of sp³-hybridized carbons (Fsp3) is 0.682. The highest BCUT2D eigenvalue weighted by Crippen LogP contribution is 2.34. The molecule has 1 saturated carbocycles. The summed E-state index contributed by atoms with van der Waals surface area (Å²) in [5.74, 6) is 0.482. The van der Waals surface area contributed by atoms with Crippen LogP contribution in [-0.2, 0) is 11.4 Å². The maximum atomic E-state index is 12.9. The number of piperidine rings is 1. The molecular weight excluding hydrogens is 357 g/mol. The van der Waals surface area contributed by atoms with Crippen molar-refractivity contribution in [2.45, 2.75) is 76.2 Å². The molecule has 1 aliphatic heterocycles. The van der Waals surface area contributed by atoms with Crippen LogP contribution in [0.2, 0.25) is 0 Å². The fourth-order valence-electron chi connectivity index (χ4n) is 4.53. The highest BCUT2D eigenvalue weighted by molar-refractivity contribution is 5.74. The SMILES string of the molecule is CCNC(=O)N1CCC[C@H](N)[C@@H]1CO[C@H]1CC[C@@H](c2cccc(CF)c2)CC1. The van der Waals surface area contributed by atoms with Gasteiger partial charge in [0.2, 0.25) is 0 Å². The van der Waals surface area contributed by atoms with E-state index in [2.05, 4.69) is 11.4 Å². The van der Waals surface area contributed by atoms with E-state index in [1.54, 1.807) is 0 Å². The number of nitrogens with zero attached hydrogens (tertiary/aromatic N) is 1. The number of likely N-dealkylation sites (tertiary alicyclic amines) is 1. The number of nitrogens with one attached hydrogen (secondary N) is 1. The van der Waals surface area contributed by atoms with Gasteiger partial charge < -0.3 is 20.7 Å². The normalized spacial score (nSPS) is 28.2. The third-order valence-corrected chi connectivity index (χ3v) is 6.17. The van der Waals surface area contributed by atoms with Crippen LogP contribution in [0, 0.1) is 0 Å². The number of rotatable bonds is 6. The van der Waals surface area contributed by atoms with Gasteiger partial charge in [0.05, 0.1) is 18.8 Å². The number of ether oxygens (including phenoxy) is 1. The van der Waals surface area contributed by atoms with E-state index in [-0.39, 0.29) is 24.2 Å². The van der Waals surface area contributed by atoms with E-state index >= 15 is 0 Å². The zero-order chi connectivity index (χ0) is 19.9. The van der Waals surface area contributed by atoms with Crippen LogP contribution < -0.4 is 11.1 Å². The monoisotopic (exact) mass is 391 g/mol. The Kier molecular flexibility index (Phi) is 7.68. The average molecular weight is 392 g/mol. The van der Waals surface area contributed by atoms with Gasteiger partial charge in [-0.3, -0.25) is 0 Å². The minimum atomic E-state index is -0.407. The Labute approximate surface area is 167 Å². The van der Waals surface area contributed by atoms with E-state index in [9.17, 15) is 9.18 Å². The average Bonchev–Trinajstić information content (AvgIpc) is 2.73. The molecule has 156 valence electrons. The number of halogens is 1. The number of amides is 2. The molecule has 3 rings (SSSR count). The number of carbonyl (C=O) groups is 1. The van der Waals surface area contributed by atoms with Crippen molar-refractivity contribution in [2.24, 2.45) is 5.73 Å². The lowest BCUT2D eigenvalue weighted by Gasteiger charge is -2.40. The van der Waals surface area contributed by atoms with Crippen LogP contribution in [0.5, 0.6) is 0 Å². The van der Waals surface area contributed by atoms with Gasteiger partial charge in [-0.05, 0) is 62.5 Å². The van der Waals surface area contributed by atoms with Crippen LogP contribution in [0.4, 0.5) is 9.18 Å². The Hall–Kier alpha value is -1.66. The van der Waals surface area contributed by atoms with Gasteiger partial charge in [0.1, 0.15) is 6.67 Å². The molecule has 0 aromatic heterocycles. The molecule has 2 amide bonds. The van der Waals surface area contributed by atoms with Crippen molar-refractivity contribution < 1.29 is 13.9 Å². The summed E-state index contributed by atoms with van der Waals surface area (Å²) in [5.41, 5.74) is 8.31. The number of hydrogen-bond donors (Lipinski definition) is 2. The minimum absolute atomic E-state index is 0.0314. The first-order valence-corrected chi connectivity index (χ1v) is 10.7. The number of carbonyl (C=O) groups excluding carboxylic acids is 1. The molecule has 6 heteroatoms. The number of hydrogen-bond acceptors (Lipinski definition) is 3. The van der Waals surface area contributed by atoms with Gasteiger partial charge in [0, 0.05) is 19.1 Å². The van der Waals surface area contributed by atoms with Crippen molar-refractivity contribution in [3.8, 4) is 0 Å². The quantitative estimate of drug-likeness (QED) is 0.777. The Balaban J connectivity index is 1.50. The molecule has 3 N–H and O–H groups in total. The maximum absolute atomic E-state index is 12.9. The first-order valence-electron chi connectivity index (χ1n) is 10.7. The Bertz CT molecular complexity index is 634. The van der Waals surface area contributed by atoms with Gasteiger partial charge >= 0.3 is 6.03 Å². The predicted octanol–water partition coefficient (Wildman–Crippen LogP) is 3.72. The van der Waals surface area contributed by atoms with Gasteiger partial charge in [-0.1, -0.05) is 24.3 Å². The van der Waals surface area contributed by atoms with Crippen molar-refractivity contribution in [3.05, 3.63) is 35.4 Å². The van der Waals surface area contributed by atoms with E-state index in [1.165, 1.54) is 5.56 Å². The molecule has 2 fully saturated rings. The summed E-state index contributed by atoms with van der Waals surface area (Å²) in [6.07, 6.45) is 6.18. The van der Waals surface area contributed by atoms with Crippen molar-refractivity contribution in [1.29, 1.82) is 0 Å². The van der Waals surface area contributed by atoms with Gasteiger partial charge in [0.15, 0.2) is 0 Å². The second kappa shape index (κ2) is 10.2. The van der Waals surface area contributed by atoms with Crippen LogP contribution in [0.15, 0.2) is 24.3 Å². The lowest BCUT2D eigenvalue weighted by molar-refractivity contribution is -0.0158. The van der Waals surface area contributed by atoms with E-state index in [0.717, 1.165) is 50.6 Å². The summed E-state index contributed by atoms with van der Waals surface area (Å²) in [4.78, 5) is 14.2. The van der Waals surface area contributed by atoms with Crippen molar-refractivity contribution in [3.63, 3.8) is 0 Å². The molecule has 0 spiro atoms. The highest BCUT2D eigenvalue weighted by atomic mass is 19.1. The van der Waals surface area contributed by atoms with E-state index in [4.69, 9.17) is 10.5 Å². The zero-order valence-corrected chi connectivity index (χ0v) is 16.9. The number of benzene rings is 1. The smallest absolute Gasteiger partial charge is 0.317 e. The van der Waals surface area contributed by atoms with Crippen LogP contribution in [-0.4, -0.2) is 48.8 Å².